The van der Waals surface area contributed by atoms with Gasteiger partial charge >= 0.3 is 0 Å². The van der Waals surface area contributed by atoms with Gasteiger partial charge in [-0.1, -0.05) is 12.1 Å². The SMILES string of the molecule is CN(Cc1cccc2[nH]ccc12)C(=O)c1cc(F)ccc1O. The molecule has 0 aliphatic rings. The Kier molecular flexibility index (Phi) is 3.55. The fraction of sp³-hybridized carbons (Fsp3) is 0.118. The molecule has 112 valence electrons. The number of carbonyl (C=O) groups excluding carboxylic acids is 1. The average Bonchev–Trinajstić information content (AvgIpc) is 2.98. The van der Waals surface area contributed by atoms with E-state index in [0.29, 0.717) is 6.54 Å². The predicted molar refractivity (Wildman–Crippen MR) is 82.2 cm³/mol. The van der Waals surface area contributed by atoms with Crippen molar-refractivity contribution in [1.82, 2.24) is 9.88 Å². The van der Waals surface area contributed by atoms with E-state index >= 15 is 0 Å². The Morgan fingerprint density at radius 1 is 1.27 bits per heavy atom. The van der Waals surface area contributed by atoms with Crippen molar-refractivity contribution in [3.63, 3.8) is 0 Å². The largest absolute Gasteiger partial charge is 0.507 e. The second kappa shape index (κ2) is 5.52. The van der Waals surface area contributed by atoms with E-state index in [4.69, 9.17) is 0 Å². The first-order chi connectivity index (χ1) is 10.6. The number of phenols is 1. The van der Waals surface area contributed by atoms with Crippen molar-refractivity contribution >= 4 is 16.8 Å². The van der Waals surface area contributed by atoms with E-state index in [0.717, 1.165) is 28.6 Å². The van der Waals surface area contributed by atoms with E-state index in [1.807, 2.05) is 30.5 Å². The van der Waals surface area contributed by atoms with Crippen molar-refractivity contribution in [1.29, 1.82) is 0 Å². The number of H-pyrrole nitrogens is 1. The summed E-state index contributed by atoms with van der Waals surface area (Å²) in [5.74, 6) is -1.20. The highest BCUT2D eigenvalue weighted by molar-refractivity contribution is 5.97. The molecule has 0 fully saturated rings. The maximum atomic E-state index is 13.3. The molecule has 0 saturated carbocycles. The zero-order valence-electron chi connectivity index (χ0n) is 12.0. The van der Waals surface area contributed by atoms with Gasteiger partial charge in [0.15, 0.2) is 0 Å². The number of halogens is 1. The zero-order valence-corrected chi connectivity index (χ0v) is 12.0. The first-order valence-electron chi connectivity index (χ1n) is 6.85. The lowest BCUT2D eigenvalue weighted by Crippen LogP contribution is -2.26. The maximum absolute atomic E-state index is 13.3. The van der Waals surface area contributed by atoms with Crippen molar-refractivity contribution in [2.24, 2.45) is 0 Å². The van der Waals surface area contributed by atoms with E-state index in [1.165, 1.54) is 11.0 Å². The third-order valence-electron chi connectivity index (χ3n) is 3.63. The van der Waals surface area contributed by atoms with Crippen LogP contribution in [0.15, 0.2) is 48.7 Å². The Bertz CT molecular complexity index is 842. The Labute approximate surface area is 126 Å². The van der Waals surface area contributed by atoms with Crippen LogP contribution in [0.1, 0.15) is 15.9 Å². The van der Waals surface area contributed by atoms with Gasteiger partial charge in [0.05, 0.1) is 5.56 Å². The monoisotopic (exact) mass is 298 g/mol. The Balaban J connectivity index is 1.88. The number of nitrogens with zero attached hydrogens (tertiary/aromatic N) is 1. The molecule has 2 N–H and O–H groups in total. The second-order valence-corrected chi connectivity index (χ2v) is 5.18. The molecule has 0 unspecified atom stereocenters. The van der Waals surface area contributed by atoms with Crippen LogP contribution in [0, 0.1) is 5.82 Å². The van der Waals surface area contributed by atoms with Crippen LogP contribution >= 0.6 is 0 Å². The summed E-state index contributed by atoms with van der Waals surface area (Å²) >= 11 is 0. The number of aromatic nitrogens is 1. The first kappa shape index (κ1) is 14.1. The van der Waals surface area contributed by atoms with Crippen molar-refractivity contribution < 1.29 is 14.3 Å². The van der Waals surface area contributed by atoms with Crippen molar-refractivity contribution in [2.45, 2.75) is 6.54 Å². The summed E-state index contributed by atoms with van der Waals surface area (Å²) in [4.78, 5) is 17.0. The third-order valence-corrected chi connectivity index (χ3v) is 3.63. The van der Waals surface area contributed by atoms with Gasteiger partial charge in [-0.05, 0) is 35.9 Å². The summed E-state index contributed by atoms with van der Waals surface area (Å²) in [6.07, 6.45) is 1.84. The highest BCUT2D eigenvalue weighted by Crippen LogP contribution is 2.22. The first-order valence-corrected chi connectivity index (χ1v) is 6.85. The topological polar surface area (TPSA) is 56.3 Å². The van der Waals surface area contributed by atoms with Crippen LogP contribution in [0.5, 0.6) is 5.75 Å². The predicted octanol–water partition coefficient (Wildman–Crippen LogP) is 3.28. The summed E-state index contributed by atoms with van der Waals surface area (Å²) < 4.78 is 13.3. The molecule has 0 saturated heterocycles. The normalized spacial score (nSPS) is 10.8. The summed E-state index contributed by atoms with van der Waals surface area (Å²) in [6, 6.07) is 11.1. The zero-order chi connectivity index (χ0) is 15.7. The second-order valence-electron chi connectivity index (χ2n) is 5.18. The molecule has 3 rings (SSSR count). The molecule has 0 spiro atoms. The molecule has 0 radical (unpaired) electrons. The van der Waals surface area contributed by atoms with Gasteiger partial charge in [-0.15, -0.1) is 0 Å². The van der Waals surface area contributed by atoms with Crippen molar-refractivity contribution in [3.05, 3.63) is 65.6 Å². The lowest BCUT2D eigenvalue weighted by Gasteiger charge is -2.18. The number of hydrogen-bond acceptors (Lipinski definition) is 2. The molecule has 2 aromatic carbocycles. The molecule has 0 atom stereocenters. The standard InChI is InChI=1S/C17H15FN2O2/c1-20(17(22)14-9-12(18)5-6-16(14)21)10-11-3-2-4-15-13(11)7-8-19-15/h2-9,19,21H,10H2,1H3. The highest BCUT2D eigenvalue weighted by atomic mass is 19.1. The van der Waals surface area contributed by atoms with E-state index in [1.54, 1.807) is 7.05 Å². The molecular formula is C17H15FN2O2. The number of phenolic OH excluding ortho intramolecular Hbond substituents is 1. The molecule has 3 aromatic rings. The minimum Gasteiger partial charge on any atom is -0.507 e. The molecular weight excluding hydrogens is 283 g/mol. The number of rotatable bonds is 3. The average molecular weight is 298 g/mol. The van der Waals surface area contributed by atoms with Crippen LogP contribution in [-0.4, -0.2) is 27.9 Å². The van der Waals surface area contributed by atoms with Crippen LogP contribution < -0.4 is 0 Å². The third kappa shape index (κ3) is 2.53. The van der Waals surface area contributed by atoms with Crippen molar-refractivity contribution in [3.8, 4) is 5.75 Å². The van der Waals surface area contributed by atoms with Crippen LogP contribution in [0.4, 0.5) is 4.39 Å². The highest BCUT2D eigenvalue weighted by Gasteiger charge is 2.17. The van der Waals surface area contributed by atoms with Gasteiger partial charge in [-0.25, -0.2) is 4.39 Å². The van der Waals surface area contributed by atoms with E-state index in [-0.39, 0.29) is 11.3 Å². The molecule has 0 bridgehead atoms. The summed E-state index contributed by atoms with van der Waals surface area (Å²) in [5.41, 5.74) is 1.93. The maximum Gasteiger partial charge on any atom is 0.257 e. The minimum atomic E-state index is -0.553. The number of carbonyl (C=O) groups is 1. The Morgan fingerprint density at radius 2 is 2.09 bits per heavy atom. The molecule has 0 aliphatic carbocycles. The molecule has 1 amide bonds. The summed E-state index contributed by atoms with van der Waals surface area (Å²) in [7, 11) is 1.62. The van der Waals surface area contributed by atoms with Gasteiger partial charge in [0.1, 0.15) is 11.6 Å². The van der Waals surface area contributed by atoms with Gasteiger partial charge in [-0.3, -0.25) is 4.79 Å². The molecule has 5 heteroatoms. The lowest BCUT2D eigenvalue weighted by atomic mass is 10.1. The van der Waals surface area contributed by atoms with Gasteiger partial charge in [-0.2, -0.15) is 0 Å². The number of benzene rings is 2. The van der Waals surface area contributed by atoms with Gasteiger partial charge in [0.25, 0.3) is 5.91 Å². The molecule has 22 heavy (non-hydrogen) atoms. The number of nitrogens with one attached hydrogen (secondary N) is 1. The molecule has 1 aromatic heterocycles. The minimum absolute atomic E-state index is 0.0382. The summed E-state index contributed by atoms with van der Waals surface area (Å²) in [5, 5.41) is 10.8. The number of aromatic amines is 1. The smallest absolute Gasteiger partial charge is 0.257 e. The van der Waals surface area contributed by atoms with E-state index < -0.39 is 11.7 Å². The number of fused-ring (bicyclic) bond motifs is 1. The molecule has 1 heterocycles. The van der Waals surface area contributed by atoms with E-state index in [2.05, 4.69) is 4.98 Å². The van der Waals surface area contributed by atoms with Gasteiger partial charge < -0.3 is 15.0 Å². The van der Waals surface area contributed by atoms with Gasteiger partial charge in [0.2, 0.25) is 0 Å². The van der Waals surface area contributed by atoms with Crippen LogP contribution in [-0.2, 0) is 6.54 Å². The molecule has 0 aliphatic heterocycles. The van der Waals surface area contributed by atoms with Crippen molar-refractivity contribution in [2.75, 3.05) is 7.05 Å². The Hall–Kier alpha value is -2.82. The molecule has 4 nitrogen and oxygen atoms in total. The van der Waals surface area contributed by atoms with Crippen LogP contribution in [0.2, 0.25) is 0 Å². The van der Waals surface area contributed by atoms with E-state index in [9.17, 15) is 14.3 Å². The number of aromatic hydroxyl groups is 1. The number of amides is 1. The van der Waals surface area contributed by atoms with Crippen LogP contribution in [0.3, 0.4) is 0 Å². The Morgan fingerprint density at radius 3 is 2.91 bits per heavy atom. The number of hydrogen-bond donors (Lipinski definition) is 2. The fourth-order valence-corrected chi connectivity index (χ4v) is 2.50. The quantitative estimate of drug-likeness (QED) is 0.779. The summed E-state index contributed by atoms with van der Waals surface area (Å²) in [6.45, 7) is 0.365. The fourth-order valence-electron chi connectivity index (χ4n) is 2.50. The lowest BCUT2D eigenvalue weighted by molar-refractivity contribution is 0.0782. The van der Waals surface area contributed by atoms with Gasteiger partial charge in [0, 0.05) is 30.7 Å². The van der Waals surface area contributed by atoms with Crippen LogP contribution in [0.25, 0.3) is 10.9 Å².